The van der Waals surface area contributed by atoms with Crippen molar-refractivity contribution in [1.29, 1.82) is 0 Å². The van der Waals surface area contributed by atoms with Gasteiger partial charge in [-0.15, -0.1) is 0 Å². The van der Waals surface area contributed by atoms with Gasteiger partial charge in [-0.2, -0.15) is 13.2 Å². The van der Waals surface area contributed by atoms with Crippen molar-refractivity contribution < 1.29 is 27.1 Å². The van der Waals surface area contributed by atoms with Gasteiger partial charge in [0.15, 0.2) is 0 Å². The molecule has 1 aromatic heterocycles. The molecule has 0 radical (unpaired) electrons. The van der Waals surface area contributed by atoms with E-state index in [2.05, 4.69) is 10.3 Å². The van der Waals surface area contributed by atoms with E-state index in [1.807, 2.05) is 0 Å². The SMILES string of the molecule is COc1ccc(NC(=O)c2cc3ccccc3oc2=Nc2ccccc2C(F)(F)F)cc1. The Kier molecular flexibility index (Phi) is 5.68. The number of rotatable bonds is 4. The van der Waals surface area contributed by atoms with Crippen molar-refractivity contribution in [1.82, 2.24) is 0 Å². The van der Waals surface area contributed by atoms with E-state index >= 15 is 0 Å². The zero-order chi connectivity index (χ0) is 22.7. The van der Waals surface area contributed by atoms with Gasteiger partial charge in [0.2, 0.25) is 5.55 Å². The first-order valence-corrected chi connectivity index (χ1v) is 9.54. The molecule has 0 atom stereocenters. The van der Waals surface area contributed by atoms with Crippen LogP contribution < -0.4 is 15.6 Å². The molecule has 3 aromatic carbocycles. The average Bonchev–Trinajstić information content (AvgIpc) is 2.78. The maximum absolute atomic E-state index is 13.4. The van der Waals surface area contributed by atoms with Gasteiger partial charge in [-0.05, 0) is 48.5 Å². The molecule has 1 N–H and O–H groups in total. The number of benzene rings is 3. The minimum Gasteiger partial charge on any atom is -0.497 e. The maximum atomic E-state index is 13.4. The Morgan fingerprint density at radius 1 is 0.969 bits per heavy atom. The normalized spacial score (nSPS) is 12.1. The standard InChI is InChI=1S/C24H17F3N2O3/c1-31-17-12-10-16(11-13-17)28-22(30)18-14-15-6-2-5-9-21(15)32-23(18)29-20-8-4-3-7-19(20)24(25,26)27/h2-14H,1H3,(H,28,30). The number of methoxy groups -OCH3 is 1. The van der Waals surface area contributed by atoms with E-state index in [1.54, 1.807) is 48.5 Å². The second kappa shape index (κ2) is 8.58. The van der Waals surface area contributed by atoms with E-state index in [-0.39, 0.29) is 16.8 Å². The topological polar surface area (TPSA) is 63.8 Å². The monoisotopic (exact) mass is 438 g/mol. The molecule has 32 heavy (non-hydrogen) atoms. The number of anilines is 1. The molecule has 4 rings (SSSR count). The third-order valence-electron chi connectivity index (χ3n) is 4.68. The summed E-state index contributed by atoms with van der Waals surface area (Å²) in [6.45, 7) is 0. The van der Waals surface area contributed by atoms with Crippen LogP contribution in [0.2, 0.25) is 0 Å². The van der Waals surface area contributed by atoms with Gasteiger partial charge in [0.25, 0.3) is 5.91 Å². The van der Waals surface area contributed by atoms with E-state index < -0.39 is 17.6 Å². The number of halogens is 3. The molecule has 1 heterocycles. The number of hydrogen-bond donors (Lipinski definition) is 1. The Balaban J connectivity index is 1.84. The highest BCUT2D eigenvalue weighted by molar-refractivity contribution is 6.05. The van der Waals surface area contributed by atoms with E-state index in [1.165, 1.54) is 31.4 Å². The summed E-state index contributed by atoms with van der Waals surface area (Å²) in [5.74, 6) is 0.0380. The second-order valence-electron chi connectivity index (χ2n) is 6.81. The summed E-state index contributed by atoms with van der Waals surface area (Å²) < 4.78 is 51.1. The van der Waals surface area contributed by atoms with Crippen molar-refractivity contribution in [2.24, 2.45) is 4.99 Å². The first kappa shape index (κ1) is 21.2. The molecule has 0 aliphatic heterocycles. The summed E-state index contributed by atoms with van der Waals surface area (Å²) in [4.78, 5) is 17.1. The fourth-order valence-electron chi connectivity index (χ4n) is 3.11. The Hall–Kier alpha value is -4.07. The van der Waals surface area contributed by atoms with Gasteiger partial charge in [0.1, 0.15) is 16.9 Å². The van der Waals surface area contributed by atoms with Crippen LogP contribution in [0.4, 0.5) is 24.5 Å². The van der Waals surface area contributed by atoms with Crippen LogP contribution in [0.25, 0.3) is 11.0 Å². The Morgan fingerprint density at radius 2 is 1.66 bits per heavy atom. The molecule has 0 aliphatic carbocycles. The molecule has 0 saturated heterocycles. The Labute approximate surface area is 180 Å². The lowest BCUT2D eigenvalue weighted by Gasteiger charge is -2.10. The van der Waals surface area contributed by atoms with E-state index in [4.69, 9.17) is 9.15 Å². The van der Waals surface area contributed by atoms with Crippen LogP contribution in [0.1, 0.15) is 15.9 Å². The minimum atomic E-state index is -4.61. The van der Waals surface area contributed by atoms with Crippen LogP contribution in [0.3, 0.4) is 0 Å². The molecule has 0 aliphatic rings. The molecule has 8 heteroatoms. The van der Waals surface area contributed by atoms with Crippen LogP contribution in [0.15, 0.2) is 88.3 Å². The molecular formula is C24H17F3N2O3. The maximum Gasteiger partial charge on any atom is 0.418 e. The number of hydrogen-bond acceptors (Lipinski definition) is 4. The highest BCUT2D eigenvalue weighted by Gasteiger charge is 2.33. The lowest BCUT2D eigenvalue weighted by atomic mass is 10.1. The lowest BCUT2D eigenvalue weighted by Crippen LogP contribution is -2.21. The fraction of sp³-hybridized carbons (Fsp3) is 0.0833. The molecule has 5 nitrogen and oxygen atoms in total. The summed E-state index contributed by atoms with van der Waals surface area (Å²) in [6, 6.07) is 19.9. The smallest absolute Gasteiger partial charge is 0.418 e. The highest BCUT2D eigenvalue weighted by Crippen LogP contribution is 2.35. The number of nitrogens with one attached hydrogen (secondary N) is 1. The van der Waals surface area contributed by atoms with Crippen LogP contribution in [-0.4, -0.2) is 13.0 Å². The zero-order valence-electron chi connectivity index (χ0n) is 16.8. The summed E-state index contributed by atoms with van der Waals surface area (Å²) in [5.41, 5.74) is -0.646. The Morgan fingerprint density at radius 3 is 2.38 bits per heavy atom. The van der Waals surface area contributed by atoms with Gasteiger partial charge in [-0.25, -0.2) is 4.99 Å². The molecular weight excluding hydrogens is 421 g/mol. The molecule has 0 bridgehead atoms. The van der Waals surface area contributed by atoms with Crippen LogP contribution in [0.5, 0.6) is 5.75 Å². The molecule has 0 unspecified atom stereocenters. The van der Waals surface area contributed by atoms with E-state index in [0.717, 1.165) is 6.07 Å². The third kappa shape index (κ3) is 4.49. The van der Waals surface area contributed by atoms with Crippen molar-refractivity contribution >= 4 is 28.3 Å². The van der Waals surface area contributed by atoms with E-state index in [0.29, 0.717) is 22.4 Å². The highest BCUT2D eigenvalue weighted by atomic mass is 19.4. The summed E-state index contributed by atoms with van der Waals surface area (Å²) in [7, 11) is 1.52. The largest absolute Gasteiger partial charge is 0.497 e. The van der Waals surface area contributed by atoms with Gasteiger partial charge >= 0.3 is 6.18 Å². The number of alkyl halides is 3. The molecule has 162 valence electrons. The third-order valence-corrected chi connectivity index (χ3v) is 4.68. The van der Waals surface area contributed by atoms with Crippen LogP contribution in [-0.2, 0) is 6.18 Å². The van der Waals surface area contributed by atoms with Crippen molar-refractivity contribution in [2.75, 3.05) is 12.4 Å². The average molecular weight is 438 g/mol. The number of carbonyl (C=O) groups excluding carboxylic acids is 1. The van der Waals surface area contributed by atoms with Crippen LogP contribution >= 0.6 is 0 Å². The summed E-state index contributed by atoms with van der Waals surface area (Å²) in [5, 5.41) is 3.32. The summed E-state index contributed by atoms with van der Waals surface area (Å²) >= 11 is 0. The van der Waals surface area contributed by atoms with Crippen molar-refractivity contribution in [3.63, 3.8) is 0 Å². The molecule has 1 amide bonds. The number of ether oxygens (including phenoxy) is 1. The number of amides is 1. The van der Waals surface area contributed by atoms with Crippen molar-refractivity contribution in [3.8, 4) is 5.75 Å². The van der Waals surface area contributed by atoms with Crippen LogP contribution in [0, 0.1) is 0 Å². The Bertz CT molecular complexity index is 1340. The second-order valence-corrected chi connectivity index (χ2v) is 6.81. The summed E-state index contributed by atoms with van der Waals surface area (Å²) in [6.07, 6.45) is -4.61. The quantitative estimate of drug-likeness (QED) is 0.429. The van der Waals surface area contributed by atoms with Crippen molar-refractivity contribution in [3.05, 3.63) is 95.5 Å². The number of fused-ring (bicyclic) bond motifs is 1. The molecule has 0 spiro atoms. The van der Waals surface area contributed by atoms with Crippen molar-refractivity contribution in [2.45, 2.75) is 6.18 Å². The first-order chi connectivity index (χ1) is 15.3. The minimum absolute atomic E-state index is 0.00324. The number of carbonyl (C=O) groups is 1. The van der Waals surface area contributed by atoms with Gasteiger partial charge in [-0.1, -0.05) is 30.3 Å². The number of nitrogens with zero attached hydrogens (tertiary/aromatic N) is 1. The first-order valence-electron chi connectivity index (χ1n) is 9.54. The van der Waals surface area contributed by atoms with Gasteiger partial charge in [-0.3, -0.25) is 4.79 Å². The molecule has 4 aromatic rings. The van der Waals surface area contributed by atoms with Gasteiger partial charge < -0.3 is 14.5 Å². The molecule has 0 fully saturated rings. The van der Waals surface area contributed by atoms with Gasteiger partial charge in [0.05, 0.1) is 18.4 Å². The fourth-order valence-corrected chi connectivity index (χ4v) is 3.11. The predicted molar refractivity (Wildman–Crippen MR) is 114 cm³/mol. The molecule has 0 saturated carbocycles. The predicted octanol–water partition coefficient (Wildman–Crippen LogP) is 5.94. The van der Waals surface area contributed by atoms with Gasteiger partial charge in [0, 0.05) is 11.1 Å². The van der Waals surface area contributed by atoms with E-state index in [9.17, 15) is 18.0 Å². The zero-order valence-corrected chi connectivity index (χ0v) is 16.8. The lowest BCUT2D eigenvalue weighted by molar-refractivity contribution is -0.137. The number of para-hydroxylation sites is 2.